The van der Waals surface area contributed by atoms with Gasteiger partial charge >= 0.3 is 0 Å². The van der Waals surface area contributed by atoms with Gasteiger partial charge in [0.25, 0.3) is 0 Å². The minimum atomic E-state index is 0.630. The summed E-state index contributed by atoms with van der Waals surface area (Å²) in [6.45, 7) is 2.25. The van der Waals surface area contributed by atoms with Gasteiger partial charge in [-0.3, -0.25) is 0 Å². The van der Waals surface area contributed by atoms with E-state index in [1.807, 2.05) is 13.1 Å². The lowest BCUT2D eigenvalue weighted by atomic mass is 10.1. The Hall–Kier alpha value is -0.0500. The molecule has 13 heavy (non-hydrogen) atoms. The lowest BCUT2D eigenvalue weighted by molar-refractivity contribution is 0.535. The van der Waals surface area contributed by atoms with Crippen LogP contribution < -0.4 is 5.32 Å². The van der Waals surface area contributed by atoms with Gasteiger partial charge in [0, 0.05) is 10.9 Å². The Morgan fingerprint density at radius 3 is 2.92 bits per heavy atom. The van der Waals surface area contributed by atoms with E-state index in [-0.39, 0.29) is 0 Å². The first-order chi connectivity index (χ1) is 6.22. The maximum Gasteiger partial charge on any atom is 0.0931 e. The molecule has 1 saturated carbocycles. The Morgan fingerprint density at radius 1 is 1.62 bits per heavy atom. The van der Waals surface area contributed by atoms with Crippen LogP contribution in [-0.4, -0.2) is 13.1 Å². The van der Waals surface area contributed by atoms with E-state index < -0.39 is 0 Å². The van der Waals surface area contributed by atoms with Crippen LogP contribution in [0.3, 0.4) is 0 Å². The van der Waals surface area contributed by atoms with Crippen LogP contribution in [0.25, 0.3) is 0 Å². The normalized spacial score (nSPS) is 28.8. The summed E-state index contributed by atoms with van der Waals surface area (Å²) in [5.41, 5.74) is 0. The smallest absolute Gasteiger partial charge is 0.0931 e. The Labute approximate surface area is 88.1 Å². The first-order valence-electron chi connectivity index (χ1n) is 4.65. The van der Waals surface area contributed by atoms with Gasteiger partial charge in [-0.05, 0) is 44.4 Å². The maximum absolute atomic E-state index is 5.90. The first kappa shape index (κ1) is 9.50. The van der Waals surface area contributed by atoms with Crippen molar-refractivity contribution in [3.8, 4) is 0 Å². The first-order valence-corrected chi connectivity index (χ1v) is 5.84. The summed E-state index contributed by atoms with van der Waals surface area (Å²) < 4.78 is 0.915. The van der Waals surface area contributed by atoms with E-state index in [2.05, 4.69) is 18.3 Å². The Kier molecular flexibility index (Phi) is 2.63. The van der Waals surface area contributed by atoms with E-state index >= 15 is 0 Å². The number of thiophene rings is 1. The van der Waals surface area contributed by atoms with Gasteiger partial charge in [0.2, 0.25) is 0 Å². The van der Waals surface area contributed by atoms with E-state index in [1.54, 1.807) is 11.3 Å². The molecule has 1 aliphatic rings. The van der Waals surface area contributed by atoms with Gasteiger partial charge in [0.05, 0.1) is 4.34 Å². The van der Waals surface area contributed by atoms with E-state index in [4.69, 9.17) is 11.6 Å². The molecule has 3 atom stereocenters. The van der Waals surface area contributed by atoms with Crippen molar-refractivity contribution in [1.82, 2.24) is 5.32 Å². The average Bonchev–Trinajstić information content (AvgIpc) is 2.82. The van der Waals surface area contributed by atoms with Crippen LogP contribution in [0, 0.1) is 5.92 Å². The molecule has 1 unspecified atom stereocenters. The zero-order valence-electron chi connectivity index (χ0n) is 7.88. The second-order valence-electron chi connectivity index (χ2n) is 3.73. The number of halogens is 1. The predicted octanol–water partition coefficient (Wildman–Crippen LogP) is 3.11. The molecular formula is C10H14ClNS. The quantitative estimate of drug-likeness (QED) is 0.817. The standard InChI is InChI=1S/C10H14ClNS/c1-6(12-2)7-5-8(7)9-3-4-10(11)13-9/h3-4,6-8,12H,5H2,1-2H3/t6?,7-,8+/m0/s1. The molecule has 1 aromatic heterocycles. The van der Waals surface area contributed by atoms with Crippen molar-refractivity contribution < 1.29 is 0 Å². The topological polar surface area (TPSA) is 12.0 Å². The van der Waals surface area contributed by atoms with Gasteiger partial charge in [0.15, 0.2) is 0 Å². The van der Waals surface area contributed by atoms with Crippen LogP contribution in [-0.2, 0) is 0 Å². The summed E-state index contributed by atoms with van der Waals surface area (Å²) in [6.07, 6.45) is 1.32. The van der Waals surface area contributed by atoms with Crippen molar-refractivity contribution in [2.45, 2.75) is 25.3 Å². The van der Waals surface area contributed by atoms with E-state index in [1.165, 1.54) is 11.3 Å². The molecule has 3 heteroatoms. The number of hydrogen-bond donors (Lipinski definition) is 1. The fraction of sp³-hybridized carbons (Fsp3) is 0.600. The van der Waals surface area contributed by atoms with Crippen LogP contribution in [0.5, 0.6) is 0 Å². The molecule has 72 valence electrons. The molecule has 0 saturated heterocycles. The second kappa shape index (κ2) is 3.60. The maximum atomic E-state index is 5.90. The molecule has 0 aromatic carbocycles. The third-order valence-corrected chi connectivity index (χ3v) is 4.26. The molecule has 1 nitrogen and oxygen atoms in total. The minimum Gasteiger partial charge on any atom is -0.317 e. The van der Waals surface area contributed by atoms with Crippen LogP contribution in [0.15, 0.2) is 12.1 Å². The lowest BCUT2D eigenvalue weighted by Gasteiger charge is -2.07. The molecule has 1 aliphatic carbocycles. The molecule has 0 amide bonds. The fourth-order valence-electron chi connectivity index (χ4n) is 1.84. The van der Waals surface area contributed by atoms with Crippen LogP contribution in [0.2, 0.25) is 4.34 Å². The molecule has 0 radical (unpaired) electrons. The summed E-state index contributed by atoms with van der Waals surface area (Å²) >= 11 is 7.62. The molecule has 0 spiro atoms. The van der Waals surface area contributed by atoms with Gasteiger partial charge < -0.3 is 5.32 Å². The zero-order valence-corrected chi connectivity index (χ0v) is 9.45. The molecule has 1 aromatic rings. The molecule has 1 fully saturated rings. The third-order valence-electron chi connectivity index (χ3n) is 2.90. The summed E-state index contributed by atoms with van der Waals surface area (Å²) in [7, 11) is 2.03. The minimum absolute atomic E-state index is 0.630. The summed E-state index contributed by atoms with van der Waals surface area (Å²) in [6, 6.07) is 4.80. The zero-order chi connectivity index (χ0) is 9.42. The highest BCUT2D eigenvalue weighted by molar-refractivity contribution is 7.16. The number of rotatable bonds is 3. The second-order valence-corrected chi connectivity index (χ2v) is 5.47. The largest absolute Gasteiger partial charge is 0.317 e. The van der Waals surface area contributed by atoms with Crippen molar-refractivity contribution >= 4 is 22.9 Å². The van der Waals surface area contributed by atoms with Crippen LogP contribution >= 0.6 is 22.9 Å². The predicted molar refractivity (Wildman–Crippen MR) is 58.7 cm³/mol. The highest BCUT2D eigenvalue weighted by atomic mass is 35.5. The Bertz CT molecular complexity index is 297. The van der Waals surface area contributed by atoms with Crippen molar-refractivity contribution in [3.05, 3.63) is 21.3 Å². The van der Waals surface area contributed by atoms with Gasteiger partial charge in [-0.2, -0.15) is 0 Å². The lowest BCUT2D eigenvalue weighted by Crippen LogP contribution is -2.23. The summed E-state index contributed by atoms with van der Waals surface area (Å²) in [5.74, 6) is 1.58. The SMILES string of the molecule is CNC(C)[C@@H]1C[C@H]1c1ccc(Cl)s1. The highest BCUT2D eigenvalue weighted by Crippen LogP contribution is 2.51. The molecule has 1 N–H and O–H groups in total. The molecule has 0 aliphatic heterocycles. The Morgan fingerprint density at radius 2 is 2.38 bits per heavy atom. The molecule has 1 heterocycles. The van der Waals surface area contributed by atoms with Gasteiger partial charge in [-0.25, -0.2) is 0 Å². The van der Waals surface area contributed by atoms with E-state index in [0.717, 1.165) is 16.2 Å². The monoisotopic (exact) mass is 215 g/mol. The van der Waals surface area contributed by atoms with Gasteiger partial charge in [-0.1, -0.05) is 11.6 Å². The van der Waals surface area contributed by atoms with Crippen molar-refractivity contribution in [2.24, 2.45) is 5.92 Å². The van der Waals surface area contributed by atoms with Crippen LogP contribution in [0.1, 0.15) is 24.1 Å². The number of nitrogens with one attached hydrogen (secondary N) is 1. The third kappa shape index (κ3) is 1.90. The summed E-state index contributed by atoms with van der Waals surface area (Å²) in [5, 5.41) is 3.31. The van der Waals surface area contributed by atoms with Crippen molar-refractivity contribution in [3.63, 3.8) is 0 Å². The van der Waals surface area contributed by atoms with Crippen molar-refractivity contribution in [1.29, 1.82) is 0 Å². The van der Waals surface area contributed by atoms with Crippen molar-refractivity contribution in [2.75, 3.05) is 7.05 Å². The average molecular weight is 216 g/mol. The fourth-order valence-corrected chi connectivity index (χ4v) is 3.09. The highest BCUT2D eigenvalue weighted by Gasteiger charge is 2.42. The summed E-state index contributed by atoms with van der Waals surface area (Å²) in [4.78, 5) is 1.46. The van der Waals surface area contributed by atoms with Gasteiger partial charge in [0.1, 0.15) is 0 Å². The van der Waals surface area contributed by atoms with Crippen LogP contribution in [0.4, 0.5) is 0 Å². The molecule has 2 rings (SSSR count). The molecule has 0 bridgehead atoms. The van der Waals surface area contributed by atoms with E-state index in [0.29, 0.717) is 6.04 Å². The number of hydrogen-bond acceptors (Lipinski definition) is 2. The van der Waals surface area contributed by atoms with E-state index in [9.17, 15) is 0 Å². The molecular weight excluding hydrogens is 202 g/mol. The Balaban J connectivity index is 2.00. The van der Waals surface area contributed by atoms with Gasteiger partial charge in [-0.15, -0.1) is 11.3 Å².